The second-order valence-corrected chi connectivity index (χ2v) is 4.86. The van der Waals surface area contributed by atoms with Crippen molar-refractivity contribution in [1.29, 1.82) is 0 Å². The quantitative estimate of drug-likeness (QED) is 0.786. The Kier molecular flexibility index (Phi) is 4.55. The first-order valence-corrected chi connectivity index (χ1v) is 6.83. The summed E-state index contributed by atoms with van der Waals surface area (Å²) in [5, 5.41) is 8.92. The molecule has 1 aliphatic rings. The smallest absolute Gasteiger partial charge is 0.255 e. The van der Waals surface area contributed by atoms with Gasteiger partial charge in [-0.25, -0.2) is 4.98 Å². The lowest BCUT2D eigenvalue weighted by Crippen LogP contribution is -2.48. The fourth-order valence-corrected chi connectivity index (χ4v) is 2.49. The molecule has 0 saturated carbocycles. The molecule has 6 heteroatoms. The topological polar surface area (TPSA) is 72.5 Å². The lowest BCUT2D eigenvalue weighted by Gasteiger charge is -2.34. The minimum atomic E-state index is -0.0252. The zero-order valence-electron chi connectivity index (χ0n) is 11.6. The molecule has 1 fully saturated rings. The molecule has 0 spiro atoms. The first-order valence-electron chi connectivity index (χ1n) is 6.83. The largest absolute Gasteiger partial charge is 0.395 e. The van der Waals surface area contributed by atoms with Crippen LogP contribution >= 0.6 is 0 Å². The van der Waals surface area contributed by atoms with E-state index in [2.05, 4.69) is 19.8 Å². The summed E-state index contributed by atoms with van der Waals surface area (Å²) in [5.74, 6) is 0.670. The highest BCUT2D eigenvalue weighted by atomic mass is 16.3. The van der Waals surface area contributed by atoms with E-state index in [0.717, 1.165) is 37.4 Å². The fraction of sp³-hybridized carbons (Fsp3) is 0.692. The molecule has 19 heavy (non-hydrogen) atoms. The van der Waals surface area contributed by atoms with Crippen molar-refractivity contribution < 1.29 is 5.11 Å². The summed E-state index contributed by atoms with van der Waals surface area (Å²) in [4.78, 5) is 23.6. The Morgan fingerprint density at radius 2 is 2.00 bits per heavy atom. The van der Waals surface area contributed by atoms with Crippen molar-refractivity contribution in [3.05, 3.63) is 21.6 Å². The summed E-state index contributed by atoms with van der Waals surface area (Å²) in [6.45, 7) is 8.19. The number of hydrogen-bond acceptors (Lipinski definition) is 5. The predicted octanol–water partition coefficient (Wildman–Crippen LogP) is -0.245. The predicted molar refractivity (Wildman–Crippen MR) is 74.7 cm³/mol. The minimum absolute atomic E-state index is 0.0252. The minimum Gasteiger partial charge on any atom is -0.395 e. The Hall–Kier alpha value is -1.40. The molecule has 0 atom stereocenters. The Labute approximate surface area is 113 Å². The third-order valence-electron chi connectivity index (χ3n) is 3.65. The Balaban J connectivity index is 2.10. The van der Waals surface area contributed by atoms with Crippen molar-refractivity contribution in [3.63, 3.8) is 0 Å². The number of aryl methyl sites for hydroxylation is 1. The molecule has 106 valence electrons. The van der Waals surface area contributed by atoms with Gasteiger partial charge >= 0.3 is 0 Å². The summed E-state index contributed by atoms with van der Waals surface area (Å²) in [5.41, 5.74) is 1.56. The number of piperazine rings is 1. The second-order valence-electron chi connectivity index (χ2n) is 4.86. The van der Waals surface area contributed by atoms with Crippen LogP contribution in [0.5, 0.6) is 0 Å². The monoisotopic (exact) mass is 266 g/mol. The fourth-order valence-electron chi connectivity index (χ4n) is 2.49. The number of aliphatic hydroxyl groups is 1. The molecule has 0 radical (unpaired) electrons. The molecule has 1 aromatic heterocycles. The van der Waals surface area contributed by atoms with Gasteiger partial charge in [-0.3, -0.25) is 14.7 Å². The van der Waals surface area contributed by atoms with Gasteiger partial charge in [0.15, 0.2) is 0 Å². The third kappa shape index (κ3) is 3.13. The van der Waals surface area contributed by atoms with Gasteiger partial charge in [-0.1, -0.05) is 6.92 Å². The van der Waals surface area contributed by atoms with E-state index in [1.807, 2.05) is 13.8 Å². The standard InChI is InChI=1S/C13H22N4O2/c1-3-11-10(2)14-13(15-12(11)19)17-6-4-16(5-7-17)8-9-18/h18H,3-9H2,1-2H3,(H,14,15,19). The van der Waals surface area contributed by atoms with Gasteiger partial charge in [-0.05, 0) is 13.3 Å². The molecule has 1 saturated heterocycles. The number of aliphatic hydroxyl groups excluding tert-OH is 1. The van der Waals surface area contributed by atoms with E-state index < -0.39 is 0 Å². The molecule has 6 nitrogen and oxygen atoms in total. The number of anilines is 1. The number of hydrogen-bond donors (Lipinski definition) is 2. The summed E-state index contributed by atoms with van der Waals surface area (Å²) in [7, 11) is 0. The Morgan fingerprint density at radius 1 is 1.32 bits per heavy atom. The van der Waals surface area contributed by atoms with E-state index in [-0.39, 0.29) is 12.2 Å². The van der Waals surface area contributed by atoms with E-state index in [1.54, 1.807) is 0 Å². The van der Waals surface area contributed by atoms with Crippen molar-refractivity contribution in [3.8, 4) is 0 Å². The van der Waals surface area contributed by atoms with Crippen molar-refractivity contribution in [2.75, 3.05) is 44.2 Å². The van der Waals surface area contributed by atoms with Crippen LogP contribution in [0.25, 0.3) is 0 Å². The van der Waals surface area contributed by atoms with Gasteiger partial charge in [0.25, 0.3) is 5.56 Å². The van der Waals surface area contributed by atoms with Gasteiger partial charge < -0.3 is 10.0 Å². The second kappa shape index (κ2) is 6.16. The highest BCUT2D eigenvalue weighted by Gasteiger charge is 2.19. The maximum absolute atomic E-state index is 11.9. The van der Waals surface area contributed by atoms with Crippen molar-refractivity contribution in [1.82, 2.24) is 14.9 Å². The molecule has 0 aromatic carbocycles. The SMILES string of the molecule is CCc1c(C)nc(N2CCN(CCO)CC2)[nH]c1=O. The number of aromatic nitrogens is 2. The van der Waals surface area contributed by atoms with Crippen molar-refractivity contribution >= 4 is 5.95 Å². The average molecular weight is 266 g/mol. The molecular formula is C13H22N4O2. The van der Waals surface area contributed by atoms with E-state index in [0.29, 0.717) is 18.9 Å². The Morgan fingerprint density at radius 3 is 2.53 bits per heavy atom. The number of aromatic amines is 1. The first-order chi connectivity index (χ1) is 9.15. The number of β-amino-alcohol motifs (C(OH)–C–C–N with tert-alkyl or cyclic N) is 1. The van der Waals surface area contributed by atoms with Crippen LogP contribution < -0.4 is 10.5 Å². The number of rotatable bonds is 4. The third-order valence-corrected chi connectivity index (χ3v) is 3.65. The summed E-state index contributed by atoms with van der Waals surface area (Å²) >= 11 is 0. The normalized spacial score (nSPS) is 16.9. The molecule has 1 aliphatic heterocycles. The summed E-state index contributed by atoms with van der Waals surface area (Å²) < 4.78 is 0. The van der Waals surface area contributed by atoms with E-state index >= 15 is 0 Å². The van der Waals surface area contributed by atoms with Crippen LogP contribution in [0, 0.1) is 6.92 Å². The molecule has 0 aliphatic carbocycles. The number of nitrogens with one attached hydrogen (secondary N) is 1. The van der Waals surface area contributed by atoms with Gasteiger partial charge in [0.2, 0.25) is 5.95 Å². The maximum atomic E-state index is 11.9. The highest BCUT2D eigenvalue weighted by molar-refractivity contribution is 5.33. The zero-order valence-corrected chi connectivity index (χ0v) is 11.6. The molecular weight excluding hydrogens is 244 g/mol. The van der Waals surface area contributed by atoms with Crippen LogP contribution in [0.1, 0.15) is 18.2 Å². The van der Waals surface area contributed by atoms with Gasteiger partial charge in [0, 0.05) is 44.0 Å². The van der Waals surface area contributed by atoms with Crippen LogP contribution in [0.4, 0.5) is 5.95 Å². The average Bonchev–Trinajstić information content (AvgIpc) is 2.39. The van der Waals surface area contributed by atoms with E-state index in [4.69, 9.17) is 5.11 Å². The van der Waals surface area contributed by atoms with Crippen LogP contribution in [0.2, 0.25) is 0 Å². The molecule has 2 N–H and O–H groups in total. The van der Waals surface area contributed by atoms with Crippen LogP contribution in [0.3, 0.4) is 0 Å². The van der Waals surface area contributed by atoms with E-state index in [1.165, 1.54) is 0 Å². The molecule has 2 rings (SSSR count). The molecule has 2 heterocycles. The summed E-state index contributed by atoms with van der Waals surface area (Å²) in [6.07, 6.45) is 0.707. The van der Waals surface area contributed by atoms with Crippen LogP contribution in [-0.4, -0.2) is 59.3 Å². The summed E-state index contributed by atoms with van der Waals surface area (Å²) in [6, 6.07) is 0. The van der Waals surface area contributed by atoms with Crippen LogP contribution in [0.15, 0.2) is 4.79 Å². The molecule has 0 amide bonds. The Bertz CT molecular complexity index is 478. The van der Waals surface area contributed by atoms with Crippen molar-refractivity contribution in [2.45, 2.75) is 20.3 Å². The highest BCUT2D eigenvalue weighted by Crippen LogP contribution is 2.11. The zero-order chi connectivity index (χ0) is 13.8. The lowest BCUT2D eigenvalue weighted by atomic mass is 10.2. The van der Waals surface area contributed by atoms with Crippen molar-refractivity contribution in [2.24, 2.45) is 0 Å². The molecule has 1 aromatic rings. The van der Waals surface area contributed by atoms with Gasteiger partial charge in [0.05, 0.1) is 6.61 Å². The molecule has 0 unspecified atom stereocenters. The van der Waals surface area contributed by atoms with Gasteiger partial charge in [0.1, 0.15) is 0 Å². The van der Waals surface area contributed by atoms with Gasteiger partial charge in [-0.2, -0.15) is 0 Å². The molecule has 0 bridgehead atoms. The number of H-pyrrole nitrogens is 1. The first kappa shape index (κ1) is 14.0. The van der Waals surface area contributed by atoms with Crippen LogP contribution in [-0.2, 0) is 6.42 Å². The van der Waals surface area contributed by atoms with E-state index in [9.17, 15) is 4.79 Å². The van der Waals surface area contributed by atoms with Gasteiger partial charge in [-0.15, -0.1) is 0 Å². The maximum Gasteiger partial charge on any atom is 0.255 e. The number of nitrogens with zero attached hydrogens (tertiary/aromatic N) is 3. The lowest BCUT2D eigenvalue weighted by molar-refractivity contribution is 0.188.